The molecular formula is C18H22N4O3. The van der Waals surface area contributed by atoms with Gasteiger partial charge in [-0.3, -0.25) is 9.59 Å². The Balaban J connectivity index is 1.58. The van der Waals surface area contributed by atoms with Crippen molar-refractivity contribution in [3.63, 3.8) is 0 Å². The van der Waals surface area contributed by atoms with Crippen molar-refractivity contribution >= 4 is 17.5 Å². The molecule has 132 valence electrons. The van der Waals surface area contributed by atoms with Crippen molar-refractivity contribution in [3.05, 3.63) is 41.5 Å². The SMILES string of the molecule is CC(=O)N1CCC(NC(=O)CCCc2nc(C)no2)c2ccccc21. The van der Waals surface area contributed by atoms with Crippen molar-refractivity contribution in [2.24, 2.45) is 0 Å². The number of rotatable bonds is 5. The van der Waals surface area contributed by atoms with E-state index in [1.165, 1.54) is 0 Å². The molecule has 1 aliphatic heterocycles. The topological polar surface area (TPSA) is 88.3 Å². The van der Waals surface area contributed by atoms with Crippen molar-refractivity contribution in [2.75, 3.05) is 11.4 Å². The Morgan fingerprint density at radius 2 is 2.16 bits per heavy atom. The lowest BCUT2D eigenvalue weighted by molar-refractivity contribution is -0.122. The number of hydrogen-bond donors (Lipinski definition) is 1. The van der Waals surface area contributed by atoms with Crippen LogP contribution < -0.4 is 10.2 Å². The minimum atomic E-state index is -0.0649. The van der Waals surface area contributed by atoms with Gasteiger partial charge in [0.1, 0.15) is 0 Å². The van der Waals surface area contributed by atoms with E-state index in [-0.39, 0.29) is 17.9 Å². The smallest absolute Gasteiger partial charge is 0.226 e. The average molecular weight is 342 g/mol. The number of carbonyl (C=O) groups is 2. The highest BCUT2D eigenvalue weighted by atomic mass is 16.5. The van der Waals surface area contributed by atoms with E-state index in [0.717, 1.165) is 11.3 Å². The predicted octanol–water partition coefficient (Wildman–Crippen LogP) is 2.31. The Kier molecular flexibility index (Phi) is 5.11. The molecular weight excluding hydrogens is 320 g/mol. The largest absolute Gasteiger partial charge is 0.349 e. The van der Waals surface area contributed by atoms with Gasteiger partial charge in [0.15, 0.2) is 5.82 Å². The molecule has 2 amide bonds. The van der Waals surface area contributed by atoms with Crippen LogP contribution in [-0.4, -0.2) is 28.5 Å². The molecule has 25 heavy (non-hydrogen) atoms. The normalized spacial score (nSPS) is 16.4. The third kappa shape index (κ3) is 4.04. The second-order valence-electron chi connectivity index (χ2n) is 6.23. The number of benzene rings is 1. The summed E-state index contributed by atoms with van der Waals surface area (Å²) < 4.78 is 5.05. The molecule has 3 rings (SSSR count). The molecule has 0 saturated heterocycles. The maximum Gasteiger partial charge on any atom is 0.226 e. The molecule has 7 nitrogen and oxygen atoms in total. The van der Waals surface area contributed by atoms with Gasteiger partial charge in [0.25, 0.3) is 0 Å². The molecule has 7 heteroatoms. The Bertz CT molecular complexity index is 771. The molecule has 1 aromatic heterocycles. The minimum Gasteiger partial charge on any atom is -0.349 e. The van der Waals surface area contributed by atoms with Gasteiger partial charge >= 0.3 is 0 Å². The van der Waals surface area contributed by atoms with Gasteiger partial charge in [-0.15, -0.1) is 0 Å². The highest BCUT2D eigenvalue weighted by Crippen LogP contribution is 2.33. The lowest BCUT2D eigenvalue weighted by Gasteiger charge is -2.34. The summed E-state index contributed by atoms with van der Waals surface area (Å²) in [7, 11) is 0. The van der Waals surface area contributed by atoms with Crippen LogP contribution in [0.15, 0.2) is 28.8 Å². The molecule has 0 spiro atoms. The average Bonchev–Trinajstić information content (AvgIpc) is 3.00. The van der Waals surface area contributed by atoms with Crippen LogP contribution in [0.2, 0.25) is 0 Å². The van der Waals surface area contributed by atoms with Crippen LogP contribution in [0.1, 0.15) is 49.5 Å². The molecule has 0 radical (unpaired) electrons. The van der Waals surface area contributed by atoms with Gasteiger partial charge in [-0.1, -0.05) is 23.4 Å². The molecule has 0 saturated carbocycles. The number of fused-ring (bicyclic) bond motifs is 1. The van der Waals surface area contributed by atoms with Crippen molar-refractivity contribution in [2.45, 2.75) is 45.6 Å². The number of nitrogens with zero attached hydrogens (tertiary/aromatic N) is 3. The Labute approximate surface area is 146 Å². The summed E-state index contributed by atoms with van der Waals surface area (Å²) >= 11 is 0. The predicted molar refractivity (Wildman–Crippen MR) is 91.9 cm³/mol. The molecule has 1 N–H and O–H groups in total. The van der Waals surface area contributed by atoms with Crippen molar-refractivity contribution in [1.82, 2.24) is 15.5 Å². The number of carbonyl (C=O) groups excluding carboxylic acids is 2. The van der Waals surface area contributed by atoms with Gasteiger partial charge in [0.2, 0.25) is 17.7 Å². The highest BCUT2D eigenvalue weighted by Gasteiger charge is 2.27. The molecule has 2 heterocycles. The van der Waals surface area contributed by atoms with E-state index in [4.69, 9.17) is 4.52 Å². The van der Waals surface area contributed by atoms with E-state index in [1.807, 2.05) is 24.3 Å². The highest BCUT2D eigenvalue weighted by molar-refractivity contribution is 5.93. The summed E-state index contributed by atoms with van der Waals surface area (Å²) in [6, 6.07) is 7.67. The number of anilines is 1. The summed E-state index contributed by atoms with van der Waals surface area (Å²) in [4.78, 5) is 30.0. The molecule has 1 aliphatic rings. The third-order valence-electron chi connectivity index (χ3n) is 4.32. The van der Waals surface area contributed by atoms with Crippen molar-refractivity contribution in [3.8, 4) is 0 Å². The maximum atomic E-state index is 12.3. The first kappa shape index (κ1) is 17.1. The van der Waals surface area contributed by atoms with Crippen LogP contribution in [0.25, 0.3) is 0 Å². The van der Waals surface area contributed by atoms with Gasteiger partial charge < -0.3 is 14.7 Å². The number of aromatic nitrogens is 2. The molecule has 0 aliphatic carbocycles. The van der Waals surface area contributed by atoms with Crippen LogP contribution in [0.5, 0.6) is 0 Å². The quantitative estimate of drug-likeness (QED) is 0.901. The minimum absolute atomic E-state index is 0.00712. The Morgan fingerprint density at radius 3 is 2.88 bits per heavy atom. The van der Waals surface area contributed by atoms with E-state index in [2.05, 4.69) is 15.5 Å². The molecule has 0 bridgehead atoms. The van der Waals surface area contributed by atoms with Crippen LogP contribution in [0.4, 0.5) is 5.69 Å². The summed E-state index contributed by atoms with van der Waals surface area (Å²) in [6.07, 6.45) is 2.36. The summed E-state index contributed by atoms with van der Waals surface area (Å²) in [5.74, 6) is 1.18. The number of hydrogen-bond acceptors (Lipinski definition) is 5. The zero-order valence-corrected chi connectivity index (χ0v) is 14.5. The van der Waals surface area contributed by atoms with Crippen LogP contribution in [0.3, 0.4) is 0 Å². The second kappa shape index (κ2) is 7.46. The van der Waals surface area contributed by atoms with Gasteiger partial charge in [0.05, 0.1) is 6.04 Å². The van der Waals surface area contributed by atoms with Gasteiger partial charge in [-0.05, 0) is 31.4 Å². The molecule has 1 aromatic carbocycles. The Morgan fingerprint density at radius 1 is 1.36 bits per heavy atom. The van der Waals surface area contributed by atoms with Gasteiger partial charge in [-0.25, -0.2) is 0 Å². The summed E-state index contributed by atoms with van der Waals surface area (Å²) in [5.41, 5.74) is 1.87. The van der Waals surface area contributed by atoms with E-state index < -0.39 is 0 Å². The van der Waals surface area contributed by atoms with E-state index in [9.17, 15) is 9.59 Å². The van der Waals surface area contributed by atoms with Crippen LogP contribution in [-0.2, 0) is 16.0 Å². The third-order valence-corrected chi connectivity index (χ3v) is 4.32. The summed E-state index contributed by atoms with van der Waals surface area (Å²) in [5, 5.41) is 6.82. The monoisotopic (exact) mass is 342 g/mol. The molecule has 0 fully saturated rings. The second-order valence-corrected chi connectivity index (χ2v) is 6.23. The number of amides is 2. The van der Waals surface area contributed by atoms with Crippen LogP contribution in [0, 0.1) is 6.92 Å². The first-order chi connectivity index (χ1) is 12.0. The zero-order chi connectivity index (χ0) is 17.8. The zero-order valence-electron chi connectivity index (χ0n) is 14.5. The number of para-hydroxylation sites is 1. The van der Waals surface area contributed by atoms with E-state index in [1.54, 1.807) is 18.7 Å². The van der Waals surface area contributed by atoms with Gasteiger partial charge in [-0.2, -0.15) is 4.98 Å². The standard InChI is InChI=1S/C18H22N4O3/c1-12-19-18(25-21-12)9-5-8-17(24)20-15-10-11-22(13(2)23)16-7-4-3-6-14(15)16/h3-4,6-7,15H,5,8-11H2,1-2H3,(H,20,24). The fourth-order valence-corrected chi connectivity index (χ4v) is 3.15. The first-order valence-corrected chi connectivity index (χ1v) is 8.50. The van der Waals surface area contributed by atoms with Crippen molar-refractivity contribution in [1.29, 1.82) is 0 Å². The summed E-state index contributed by atoms with van der Waals surface area (Å²) in [6.45, 7) is 3.94. The number of nitrogens with one attached hydrogen (secondary N) is 1. The molecule has 1 unspecified atom stereocenters. The fourth-order valence-electron chi connectivity index (χ4n) is 3.15. The van der Waals surface area contributed by atoms with Crippen LogP contribution >= 0.6 is 0 Å². The lowest BCUT2D eigenvalue weighted by atomic mass is 9.96. The molecule has 1 atom stereocenters. The van der Waals surface area contributed by atoms with Crippen molar-refractivity contribution < 1.29 is 14.1 Å². The van der Waals surface area contributed by atoms with E-state index in [0.29, 0.717) is 43.9 Å². The number of aryl methyl sites for hydroxylation is 2. The molecule has 2 aromatic rings. The first-order valence-electron chi connectivity index (χ1n) is 8.50. The fraction of sp³-hybridized carbons (Fsp3) is 0.444. The maximum absolute atomic E-state index is 12.3. The van der Waals surface area contributed by atoms with Gasteiger partial charge in [0, 0.05) is 32.0 Å². The lowest BCUT2D eigenvalue weighted by Crippen LogP contribution is -2.40. The Hall–Kier alpha value is -2.70. The van der Waals surface area contributed by atoms with E-state index >= 15 is 0 Å².